The van der Waals surface area contributed by atoms with Crippen LogP contribution in [0.2, 0.25) is 0 Å². The smallest absolute Gasteiger partial charge is 0.0462 e. The molecule has 0 atom stereocenters. The summed E-state index contributed by atoms with van der Waals surface area (Å²) in [6, 6.07) is 34.6. The van der Waals surface area contributed by atoms with E-state index in [1.165, 1.54) is 22.3 Å². The van der Waals surface area contributed by atoms with Crippen molar-refractivity contribution in [2.75, 3.05) is 4.90 Å². The first kappa shape index (κ1) is 18.8. The molecular weight excluding hydrogens is 350 g/mol. The summed E-state index contributed by atoms with van der Waals surface area (Å²) in [5.41, 5.74) is 9.51. The molecule has 0 aliphatic rings. The van der Waals surface area contributed by atoms with E-state index in [4.69, 9.17) is 0 Å². The lowest BCUT2D eigenvalue weighted by molar-refractivity contribution is 1.27. The predicted octanol–water partition coefficient (Wildman–Crippen LogP) is 8.08. The number of hydrogen-bond donors (Lipinski definition) is 0. The van der Waals surface area contributed by atoms with Crippen molar-refractivity contribution in [2.45, 2.75) is 13.8 Å². The Bertz CT molecular complexity index is 1090. The lowest BCUT2D eigenvalue weighted by Gasteiger charge is -2.26. The van der Waals surface area contributed by atoms with E-state index in [1.807, 2.05) is 6.08 Å². The summed E-state index contributed by atoms with van der Waals surface area (Å²) in [6.45, 7) is 8.09. The highest BCUT2D eigenvalue weighted by atomic mass is 15.1. The van der Waals surface area contributed by atoms with Gasteiger partial charge in [-0.2, -0.15) is 0 Å². The Balaban J connectivity index is 1.74. The van der Waals surface area contributed by atoms with Gasteiger partial charge in [0.25, 0.3) is 0 Å². The van der Waals surface area contributed by atoms with Crippen molar-refractivity contribution in [1.82, 2.24) is 0 Å². The van der Waals surface area contributed by atoms with Crippen molar-refractivity contribution in [2.24, 2.45) is 0 Å². The lowest BCUT2D eigenvalue weighted by atomic mass is 10.0. The molecule has 0 N–H and O–H groups in total. The Kier molecular flexibility index (Phi) is 5.31. The van der Waals surface area contributed by atoms with E-state index in [2.05, 4.69) is 122 Å². The van der Waals surface area contributed by atoms with Crippen LogP contribution in [0.4, 0.5) is 17.1 Å². The van der Waals surface area contributed by atoms with Crippen LogP contribution in [0.15, 0.2) is 104 Å². The van der Waals surface area contributed by atoms with E-state index < -0.39 is 0 Å². The molecule has 29 heavy (non-hydrogen) atoms. The van der Waals surface area contributed by atoms with Gasteiger partial charge in [0.05, 0.1) is 0 Å². The minimum absolute atomic E-state index is 1.12. The van der Waals surface area contributed by atoms with Crippen LogP contribution in [0.25, 0.3) is 17.2 Å². The summed E-state index contributed by atoms with van der Waals surface area (Å²) >= 11 is 0. The third-order valence-corrected chi connectivity index (χ3v) is 5.19. The van der Waals surface area contributed by atoms with Gasteiger partial charge in [0, 0.05) is 17.1 Å². The average molecular weight is 376 g/mol. The Hall–Kier alpha value is -3.58. The second-order valence-corrected chi connectivity index (χ2v) is 7.38. The molecule has 1 heteroatoms. The normalized spacial score (nSPS) is 10.6. The minimum atomic E-state index is 1.12. The molecule has 0 saturated carbocycles. The Labute approximate surface area is 173 Å². The Morgan fingerprint density at radius 3 is 1.31 bits per heavy atom. The van der Waals surface area contributed by atoms with Gasteiger partial charge in [-0.1, -0.05) is 84.4 Å². The van der Waals surface area contributed by atoms with Gasteiger partial charge >= 0.3 is 0 Å². The molecule has 0 heterocycles. The van der Waals surface area contributed by atoms with Gasteiger partial charge in [-0.3, -0.25) is 0 Å². The van der Waals surface area contributed by atoms with Crippen LogP contribution in [0.3, 0.4) is 0 Å². The Morgan fingerprint density at radius 1 is 0.517 bits per heavy atom. The molecule has 4 aromatic rings. The van der Waals surface area contributed by atoms with Crippen LogP contribution in [-0.4, -0.2) is 0 Å². The van der Waals surface area contributed by atoms with Gasteiger partial charge < -0.3 is 4.90 Å². The average Bonchev–Trinajstić information content (AvgIpc) is 2.77. The SMILES string of the molecule is C=Cc1ccc(N(c2ccc(C)cc2)c2ccc(-c3ccc(C)cc3)cc2)cc1. The summed E-state index contributed by atoms with van der Waals surface area (Å²) in [5.74, 6) is 0. The van der Waals surface area contributed by atoms with E-state index in [1.54, 1.807) is 0 Å². The molecule has 4 rings (SSSR count). The Morgan fingerprint density at radius 2 is 0.862 bits per heavy atom. The zero-order valence-corrected chi connectivity index (χ0v) is 17.0. The molecule has 0 spiro atoms. The van der Waals surface area contributed by atoms with Crippen molar-refractivity contribution < 1.29 is 0 Å². The van der Waals surface area contributed by atoms with Gasteiger partial charge in [-0.25, -0.2) is 0 Å². The standard InChI is InChI=1S/C28H25N/c1-4-23-9-17-27(18-10-23)29(26-15-7-22(3)8-16-26)28-19-13-25(14-20-28)24-11-5-21(2)6-12-24/h4-20H,1H2,2-3H3. The molecule has 0 bridgehead atoms. The monoisotopic (exact) mass is 375 g/mol. The quantitative estimate of drug-likeness (QED) is 0.341. The van der Waals surface area contributed by atoms with Crippen molar-refractivity contribution in [1.29, 1.82) is 0 Å². The number of nitrogens with zero attached hydrogens (tertiary/aromatic N) is 1. The largest absolute Gasteiger partial charge is 0.311 e. The van der Waals surface area contributed by atoms with E-state index in [-0.39, 0.29) is 0 Å². The molecule has 0 amide bonds. The summed E-state index contributed by atoms with van der Waals surface area (Å²) < 4.78 is 0. The van der Waals surface area contributed by atoms with Crippen LogP contribution in [-0.2, 0) is 0 Å². The number of aryl methyl sites for hydroxylation is 2. The number of rotatable bonds is 5. The molecule has 0 aliphatic carbocycles. The number of benzene rings is 4. The fraction of sp³-hybridized carbons (Fsp3) is 0.0714. The molecule has 0 aliphatic heterocycles. The van der Waals surface area contributed by atoms with Crippen LogP contribution >= 0.6 is 0 Å². The van der Waals surface area contributed by atoms with Gasteiger partial charge in [-0.15, -0.1) is 0 Å². The fourth-order valence-corrected chi connectivity index (χ4v) is 3.45. The van der Waals surface area contributed by atoms with Gasteiger partial charge in [-0.05, 0) is 66.9 Å². The second-order valence-electron chi connectivity index (χ2n) is 7.38. The zero-order chi connectivity index (χ0) is 20.2. The number of anilines is 3. The molecule has 0 unspecified atom stereocenters. The van der Waals surface area contributed by atoms with Crippen LogP contribution in [0.5, 0.6) is 0 Å². The first-order valence-corrected chi connectivity index (χ1v) is 9.90. The maximum atomic E-state index is 3.86. The summed E-state index contributed by atoms with van der Waals surface area (Å²) in [5, 5.41) is 0. The maximum Gasteiger partial charge on any atom is 0.0462 e. The van der Waals surface area contributed by atoms with Crippen molar-refractivity contribution in [3.05, 3.63) is 120 Å². The minimum Gasteiger partial charge on any atom is -0.311 e. The van der Waals surface area contributed by atoms with Crippen LogP contribution in [0, 0.1) is 13.8 Å². The van der Waals surface area contributed by atoms with Crippen molar-refractivity contribution >= 4 is 23.1 Å². The summed E-state index contributed by atoms with van der Waals surface area (Å²) in [7, 11) is 0. The highest BCUT2D eigenvalue weighted by molar-refractivity contribution is 5.78. The van der Waals surface area contributed by atoms with Gasteiger partial charge in [0.2, 0.25) is 0 Å². The molecule has 0 aromatic heterocycles. The first-order chi connectivity index (χ1) is 14.1. The molecule has 0 radical (unpaired) electrons. The topological polar surface area (TPSA) is 3.24 Å². The van der Waals surface area contributed by atoms with Crippen LogP contribution < -0.4 is 4.90 Å². The van der Waals surface area contributed by atoms with Gasteiger partial charge in [0.15, 0.2) is 0 Å². The summed E-state index contributed by atoms with van der Waals surface area (Å²) in [6.07, 6.45) is 1.87. The summed E-state index contributed by atoms with van der Waals surface area (Å²) in [4.78, 5) is 2.28. The highest BCUT2D eigenvalue weighted by Crippen LogP contribution is 2.35. The van der Waals surface area contributed by atoms with E-state index >= 15 is 0 Å². The molecule has 1 nitrogen and oxygen atoms in total. The van der Waals surface area contributed by atoms with Gasteiger partial charge in [0.1, 0.15) is 0 Å². The fourth-order valence-electron chi connectivity index (χ4n) is 3.45. The molecule has 0 saturated heterocycles. The zero-order valence-electron chi connectivity index (χ0n) is 17.0. The molecular formula is C28H25N. The van der Waals surface area contributed by atoms with Crippen molar-refractivity contribution in [3.63, 3.8) is 0 Å². The molecule has 0 fully saturated rings. The van der Waals surface area contributed by atoms with E-state index in [0.717, 1.165) is 22.6 Å². The highest BCUT2D eigenvalue weighted by Gasteiger charge is 2.12. The third-order valence-electron chi connectivity index (χ3n) is 5.19. The maximum absolute atomic E-state index is 3.86. The predicted molar refractivity (Wildman–Crippen MR) is 126 cm³/mol. The van der Waals surface area contributed by atoms with Crippen LogP contribution in [0.1, 0.15) is 16.7 Å². The number of hydrogen-bond acceptors (Lipinski definition) is 1. The lowest BCUT2D eigenvalue weighted by Crippen LogP contribution is -2.09. The molecule has 4 aromatic carbocycles. The van der Waals surface area contributed by atoms with Crippen molar-refractivity contribution in [3.8, 4) is 11.1 Å². The molecule has 142 valence electrons. The van der Waals surface area contributed by atoms with E-state index in [9.17, 15) is 0 Å². The second kappa shape index (κ2) is 8.20. The third kappa shape index (κ3) is 4.14. The van der Waals surface area contributed by atoms with E-state index in [0.29, 0.717) is 0 Å². The first-order valence-electron chi connectivity index (χ1n) is 9.90.